The molecule has 27 heavy (non-hydrogen) atoms. The highest BCUT2D eigenvalue weighted by Gasteiger charge is 2.33. The molecule has 146 valence electrons. The van der Waals surface area contributed by atoms with Gasteiger partial charge in [0.25, 0.3) is 5.91 Å². The highest BCUT2D eigenvalue weighted by atomic mass is 35.5. The molecule has 1 saturated carbocycles. The van der Waals surface area contributed by atoms with E-state index in [0.29, 0.717) is 17.5 Å². The van der Waals surface area contributed by atoms with Crippen LogP contribution in [-0.2, 0) is 0 Å². The zero-order chi connectivity index (χ0) is 18.3. The lowest BCUT2D eigenvalue weighted by Crippen LogP contribution is -2.46. The quantitative estimate of drug-likeness (QED) is 0.803. The summed E-state index contributed by atoms with van der Waals surface area (Å²) in [5, 5.41) is 11.9. The monoisotopic (exact) mass is 408 g/mol. The van der Waals surface area contributed by atoms with Gasteiger partial charge in [-0.25, -0.2) is 4.68 Å². The zero-order valence-electron chi connectivity index (χ0n) is 15.7. The molecule has 2 N–H and O–H groups in total. The molecule has 5 nitrogen and oxygen atoms in total. The van der Waals surface area contributed by atoms with Crippen LogP contribution in [0.3, 0.4) is 0 Å². The van der Waals surface area contributed by atoms with Gasteiger partial charge in [0.2, 0.25) is 0 Å². The number of nitrogens with zero attached hydrogens (tertiary/aromatic N) is 2. The molecule has 2 aliphatic rings. The molecule has 0 radical (unpaired) electrons. The number of hydrogen-bond donors (Lipinski definition) is 2. The van der Waals surface area contributed by atoms with Crippen LogP contribution in [0.2, 0.25) is 5.02 Å². The minimum absolute atomic E-state index is 0. The molecule has 2 aromatic rings. The summed E-state index contributed by atoms with van der Waals surface area (Å²) in [5.74, 6) is 0.403. The number of amides is 1. The molecule has 1 aliphatic carbocycles. The van der Waals surface area contributed by atoms with Crippen molar-refractivity contribution in [3.63, 3.8) is 0 Å². The minimum Gasteiger partial charge on any atom is -0.349 e. The van der Waals surface area contributed by atoms with E-state index < -0.39 is 0 Å². The summed E-state index contributed by atoms with van der Waals surface area (Å²) in [6.07, 6.45) is 5.86. The molecule has 0 spiro atoms. The predicted molar refractivity (Wildman–Crippen MR) is 110 cm³/mol. The SMILES string of the molecule is Cc1ccc(-n2ncc(C(=O)NC3CCNC(C)C3)c2C2CC2)cc1Cl.Cl. The van der Waals surface area contributed by atoms with Crippen LogP contribution >= 0.6 is 24.0 Å². The second kappa shape index (κ2) is 8.21. The summed E-state index contributed by atoms with van der Waals surface area (Å²) in [6.45, 7) is 5.09. The van der Waals surface area contributed by atoms with E-state index >= 15 is 0 Å². The molecule has 2 unspecified atom stereocenters. The van der Waals surface area contributed by atoms with Crippen molar-refractivity contribution in [1.29, 1.82) is 0 Å². The Bertz CT molecular complexity index is 831. The van der Waals surface area contributed by atoms with Gasteiger partial charge in [0, 0.05) is 23.0 Å². The first kappa shape index (κ1) is 20.2. The molecular formula is C20H26Cl2N4O. The Morgan fingerprint density at radius 2 is 2.11 bits per heavy atom. The number of carbonyl (C=O) groups excluding carboxylic acids is 1. The van der Waals surface area contributed by atoms with E-state index in [-0.39, 0.29) is 24.4 Å². The number of aromatic nitrogens is 2. The molecule has 1 aliphatic heterocycles. The van der Waals surface area contributed by atoms with Crippen LogP contribution in [0.15, 0.2) is 24.4 Å². The fourth-order valence-electron chi connectivity index (χ4n) is 3.73. The molecule has 1 saturated heterocycles. The van der Waals surface area contributed by atoms with Crippen molar-refractivity contribution in [2.45, 2.75) is 57.5 Å². The number of carbonyl (C=O) groups is 1. The summed E-state index contributed by atoms with van der Waals surface area (Å²) in [6, 6.07) is 6.59. The first-order chi connectivity index (χ1) is 12.5. The maximum atomic E-state index is 12.9. The van der Waals surface area contributed by atoms with Gasteiger partial charge in [-0.15, -0.1) is 12.4 Å². The number of benzene rings is 1. The van der Waals surface area contributed by atoms with Gasteiger partial charge in [-0.1, -0.05) is 17.7 Å². The number of halogens is 2. The molecule has 2 fully saturated rings. The Morgan fingerprint density at radius 3 is 2.78 bits per heavy atom. The van der Waals surface area contributed by atoms with Gasteiger partial charge < -0.3 is 10.6 Å². The third-order valence-corrected chi connectivity index (χ3v) is 5.78. The van der Waals surface area contributed by atoms with Crippen LogP contribution in [0.4, 0.5) is 0 Å². The fraction of sp³-hybridized carbons (Fsp3) is 0.500. The van der Waals surface area contributed by atoms with Crippen molar-refractivity contribution in [3.05, 3.63) is 46.2 Å². The van der Waals surface area contributed by atoms with Gasteiger partial charge in [-0.2, -0.15) is 5.10 Å². The van der Waals surface area contributed by atoms with Gasteiger partial charge in [0.15, 0.2) is 0 Å². The standard InChI is InChI=1S/C20H25ClN4O.ClH/c1-12-3-6-16(10-18(12)21)25-19(14-4-5-14)17(11-23-25)20(26)24-15-7-8-22-13(2)9-15;/h3,6,10-11,13-15,22H,4-5,7-9H2,1-2H3,(H,24,26);1H. The van der Waals surface area contributed by atoms with E-state index in [4.69, 9.17) is 11.6 Å². The molecule has 1 aromatic carbocycles. The van der Waals surface area contributed by atoms with Crippen LogP contribution in [0.1, 0.15) is 60.1 Å². The van der Waals surface area contributed by atoms with Crippen LogP contribution < -0.4 is 10.6 Å². The van der Waals surface area contributed by atoms with E-state index in [1.807, 2.05) is 29.8 Å². The number of piperidine rings is 1. The largest absolute Gasteiger partial charge is 0.349 e. The Morgan fingerprint density at radius 1 is 1.33 bits per heavy atom. The van der Waals surface area contributed by atoms with E-state index in [2.05, 4.69) is 22.7 Å². The number of aryl methyl sites for hydroxylation is 1. The molecule has 7 heteroatoms. The topological polar surface area (TPSA) is 59.0 Å². The Kier molecular flexibility index (Phi) is 6.14. The van der Waals surface area contributed by atoms with Gasteiger partial charge in [0.1, 0.15) is 0 Å². The molecule has 1 aromatic heterocycles. The lowest BCUT2D eigenvalue weighted by molar-refractivity contribution is 0.0924. The van der Waals surface area contributed by atoms with Crippen molar-refractivity contribution in [3.8, 4) is 5.69 Å². The molecule has 2 atom stereocenters. The Labute approximate surface area is 171 Å². The van der Waals surface area contributed by atoms with Crippen molar-refractivity contribution < 1.29 is 4.79 Å². The third-order valence-electron chi connectivity index (χ3n) is 5.37. The van der Waals surface area contributed by atoms with Crippen LogP contribution in [0, 0.1) is 6.92 Å². The number of hydrogen-bond acceptors (Lipinski definition) is 3. The molecule has 2 heterocycles. The smallest absolute Gasteiger partial charge is 0.255 e. The van der Waals surface area contributed by atoms with E-state index in [1.165, 1.54) is 0 Å². The first-order valence-electron chi connectivity index (χ1n) is 9.41. The van der Waals surface area contributed by atoms with Gasteiger partial charge in [0.05, 0.1) is 23.1 Å². The van der Waals surface area contributed by atoms with E-state index in [0.717, 1.165) is 54.2 Å². The summed E-state index contributed by atoms with van der Waals surface area (Å²) in [5.41, 5.74) is 3.67. The average molecular weight is 409 g/mol. The summed E-state index contributed by atoms with van der Waals surface area (Å²) >= 11 is 6.30. The Hall–Kier alpha value is -1.56. The highest BCUT2D eigenvalue weighted by molar-refractivity contribution is 6.31. The van der Waals surface area contributed by atoms with Gasteiger partial charge in [-0.05, 0) is 63.8 Å². The summed E-state index contributed by atoms with van der Waals surface area (Å²) in [7, 11) is 0. The van der Waals surface area contributed by atoms with E-state index in [1.54, 1.807) is 6.20 Å². The normalized spacial score (nSPS) is 22.2. The van der Waals surface area contributed by atoms with Crippen molar-refractivity contribution in [2.24, 2.45) is 0 Å². The minimum atomic E-state index is -0.00420. The maximum absolute atomic E-state index is 12.9. The van der Waals surface area contributed by atoms with Crippen molar-refractivity contribution in [1.82, 2.24) is 20.4 Å². The summed E-state index contributed by atoms with van der Waals surface area (Å²) < 4.78 is 1.89. The van der Waals surface area contributed by atoms with Gasteiger partial charge in [-0.3, -0.25) is 4.79 Å². The predicted octanol–water partition coefficient (Wildman–Crippen LogP) is 4.00. The van der Waals surface area contributed by atoms with Crippen LogP contribution in [-0.4, -0.2) is 34.3 Å². The Balaban J connectivity index is 0.00000210. The third kappa shape index (κ3) is 4.31. The number of nitrogens with one attached hydrogen (secondary N) is 2. The van der Waals surface area contributed by atoms with Crippen molar-refractivity contribution >= 4 is 29.9 Å². The second-order valence-corrected chi connectivity index (χ2v) is 8.02. The second-order valence-electron chi connectivity index (χ2n) is 7.61. The van der Waals surface area contributed by atoms with E-state index in [9.17, 15) is 4.79 Å². The fourth-order valence-corrected chi connectivity index (χ4v) is 3.90. The molecule has 0 bridgehead atoms. The highest BCUT2D eigenvalue weighted by Crippen LogP contribution is 2.42. The maximum Gasteiger partial charge on any atom is 0.255 e. The van der Waals surface area contributed by atoms with Crippen molar-refractivity contribution in [2.75, 3.05) is 6.54 Å². The lowest BCUT2D eigenvalue weighted by Gasteiger charge is -2.28. The van der Waals surface area contributed by atoms with Gasteiger partial charge >= 0.3 is 0 Å². The van der Waals surface area contributed by atoms with Crippen LogP contribution in [0.5, 0.6) is 0 Å². The summed E-state index contributed by atoms with van der Waals surface area (Å²) in [4.78, 5) is 12.9. The zero-order valence-corrected chi connectivity index (χ0v) is 17.2. The number of rotatable bonds is 4. The molecule has 4 rings (SSSR count). The first-order valence-corrected chi connectivity index (χ1v) is 9.79. The molecule has 1 amide bonds. The lowest BCUT2D eigenvalue weighted by atomic mass is 10.00. The van der Waals surface area contributed by atoms with Crippen LogP contribution in [0.25, 0.3) is 5.69 Å². The molecular weight excluding hydrogens is 383 g/mol. The average Bonchev–Trinajstić information content (AvgIpc) is 3.35.